The summed E-state index contributed by atoms with van der Waals surface area (Å²) in [6.45, 7) is 6.32. The summed E-state index contributed by atoms with van der Waals surface area (Å²) in [4.78, 5) is 14.1. The van der Waals surface area contributed by atoms with Crippen LogP contribution in [0, 0.1) is 25.7 Å². The maximum atomic E-state index is 6.43. The van der Waals surface area contributed by atoms with Gasteiger partial charge in [-0.05, 0) is 78.5 Å². The van der Waals surface area contributed by atoms with Crippen LogP contribution in [0.4, 0.5) is 0 Å². The van der Waals surface area contributed by atoms with Crippen molar-refractivity contribution in [1.29, 1.82) is 0 Å². The van der Waals surface area contributed by atoms with Gasteiger partial charge in [0, 0.05) is 22.6 Å². The fourth-order valence-corrected chi connectivity index (χ4v) is 5.85. The summed E-state index contributed by atoms with van der Waals surface area (Å²) in [6.07, 6.45) is 5.27. The van der Waals surface area contributed by atoms with E-state index < -0.39 is 0 Å². The Bertz CT molecular complexity index is 1780. The molecule has 0 aliphatic heterocycles. The van der Waals surface area contributed by atoms with Crippen molar-refractivity contribution < 1.29 is 4.42 Å². The lowest BCUT2D eigenvalue weighted by atomic mass is 9.92. The third kappa shape index (κ3) is 3.88. The molecule has 4 nitrogen and oxygen atoms in total. The van der Waals surface area contributed by atoms with Gasteiger partial charge in [0.15, 0.2) is 5.82 Å². The summed E-state index contributed by atoms with van der Waals surface area (Å²) >= 11 is 0. The molecule has 0 amide bonds. The van der Waals surface area contributed by atoms with Gasteiger partial charge in [0.05, 0.1) is 0 Å². The second-order valence-electron chi connectivity index (χ2n) is 10.4. The molecule has 2 aliphatic rings. The normalized spacial score (nSPS) is 17.9. The highest BCUT2D eigenvalue weighted by atomic mass is 16.3. The van der Waals surface area contributed by atoms with Gasteiger partial charge in [-0.15, -0.1) is 0 Å². The zero-order valence-electron chi connectivity index (χ0n) is 21.5. The second kappa shape index (κ2) is 8.52. The van der Waals surface area contributed by atoms with E-state index >= 15 is 0 Å². The fraction of sp³-hybridized carbons (Fsp3) is 0.242. The molecule has 5 aromatic rings. The Balaban J connectivity index is 1.31. The predicted molar refractivity (Wildman–Crippen MR) is 147 cm³/mol. The monoisotopic (exact) mass is 483 g/mol. The van der Waals surface area contributed by atoms with E-state index in [0.29, 0.717) is 18.3 Å². The SMILES string of the molecule is CCc1cc(C)c2oc3c(c2c1)=C(c1ccc(-c2nc(C)nc(Cc4ccccc4)n2)cc1)C1CC1C=3. The molecule has 0 radical (unpaired) electrons. The van der Waals surface area contributed by atoms with Crippen molar-refractivity contribution in [3.05, 3.63) is 111 Å². The molecular weight excluding hydrogens is 454 g/mol. The number of rotatable bonds is 5. The first kappa shape index (κ1) is 22.2. The number of furan rings is 1. The Labute approximate surface area is 216 Å². The number of aromatic nitrogens is 3. The molecule has 0 N–H and O–H groups in total. The van der Waals surface area contributed by atoms with Crippen LogP contribution in [-0.4, -0.2) is 15.0 Å². The van der Waals surface area contributed by atoms with Gasteiger partial charge < -0.3 is 4.42 Å². The second-order valence-corrected chi connectivity index (χ2v) is 10.4. The summed E-state index contributed by atoms with van der Waals surface area (Å²) in [5.74, 6) is 3.43. The molecule has 0 saturated heterocycles. The Morgan fingerprint density at radius 3 is 2.43 bits per heavy atom. The third-order valence-corrected chi connectivity index (χ3v) is 7.77. The van der Waals surface area contributed by atoms with Crippen molar-refractivity contribution in [1.82, 2.24) is 15.0 Å². The Morgan fingerprint density at radius 1 is 0.865 bits per heavy atom. The van der Waals surface area contributed by atoms with Gasteiger partial charge in [-0.3, -0.25) is 0 Å². The summed E-state index contributed by atoms with van der Waals surface area (Å²) < 4.78 is 6.43. The van der Waals surface area contributed by atoms with E-state index in [9.17, 15) is 0 Å². The fourth-order valence-electron chi connectivity index (χ4n) is 5.85. The zero-order valence-corrected chi connectivity index (χ0v) is 21.5. The van der Waals surface area contributed by atoms with Crippen molar-refractivity contribution in [3.8, 4) is 11.4 Å². The van der Waals surface area contributed by atoms with E-state index in [0.717, 1.165) is 40.5 Å². The average molecular weight is 484 g/mol. The lowest BCUT2D eigenvalue weighted by Gasteiger charge is -2.11. The van der Waals surface area contributed by atoms with Crippen LogP contribution >= 0.6 is 0 Å². The average Bonchev–Trinajstić information content (AvgIpc) is 3.59. The molecule has 0 spiro atoms. The third-order valence-electron chi connectivity index (χ3n) is 7.77. The molecule has 2 aromatic heterocycles. The van der Waals surface area contributed by atoms with Crippen LogP contribution in [0.1, 0.15) is 47.2 Å². The quantitative estimate of drug-likeness (QED) is 0.323. The Hall–Kier alpha value is -4.05. The first-order chi connectivity index (χ1) is 18.1. The molecule has 2 unspecified atom stereocenters. The van der Waals surface area contributed by atoms with Crippen LogP contribution in [0.25, 0.3) is 34.0 Å². The van der Waals surface area contributed by atoms with Crippen molar-refractivity contribution in [2.75, 3.05) is 0 Å². The molecule has 2 atom stereocenters. The molecule has 37 heavy (non-hydrogen) atoms. The predicted octanol–water partition coefficient (Wildman–Crippen LogP) is 5.68. The van der Waals surface area contributed by atoms with Crippen LogP contribution in [-0.2, 0) is 12.8 Å². The molecule has 182 valence electrons. The summed E-state index contributed by atoms with van der Waals surface area (Å²) in [5.41, 5.74) is 9.56. The smallest absolute Gasteiger partial charge is 0.163 e. The van der Waals surface area contributed by atoms with Gasteiger partial charge in [0.2, 0.25) is 0 Å². The molecule has 0 bridgehead atoms. The van der Waals surface area contributed by atoms with Crippen LogP contribution in [0.2, 0.25) is 0 Å². The number of aryl methyl sites for hydroxylation is 3. The number of fused-ring (bicyclic) bond motifs is 4. The number of hydrogen-bond donors (Lipinski definition) is 0. The van der Waals surface area contributed by atoms with E-state index in [1.165, 1.54) is 44.9 Å². The minimum Gasteiger partial charge on any atom is -0.456 e. The first-order valence-corrected chi connectivity index (χ1v) is 13.2. The minimum atomic E-state index is 0.571. The van der Waals surface area contributed by atoms with Crippen molar-refractivity contribution >= 4 is 22.6 Å². The molecule has 7 rings (SSSR count). The topological polar surface area (TPSA) is 51.8 Å². The van der Waals surface area contributed by atoms with Crippen LogP contribution < -0.4 is 10.6 Å². The van der Waals surface area contributed by atoms with Crippen molar-refractivity contribution in [2.45, 2.75) is 40.0 Å². The van der Waals surface area contributed by atoms with Gasteiger partial charge in [0.1, 0.15) is 22.6 Å². The molecule has 2 aliphatic carbocycles. The summed E-state index contributed by atoms with van der Waals surface area (Å²) in [6, 6.07) is 23.7. The molecule has 3 aromatic carbocycles. The van der Waals surface area contributed by atoms with E-state index in [4.69, 9.17) is 9.40 Å². The number of nitrogens with zero attached hydrogens (tertiary/aromatic N) is 3. The number of benzene rings is 3. The highest BCUT2D eigenvalue weighted by Gasteiger charge is 2.42. The standard InChI is InChI=1S/C33H29N3O/c1-4-21-14-19(2)32-27(15-21)31-28(37-32)18-25-17-26(25)30(31)23-10-12-24(13-11-23)33-35-20(3)34-29(36-33)16-22-8-6-5-7-9-22/h5-15,18,25-26H,4,16-17H2,1-3H3. The summed E-state index contributed by atoms with van der Waals surface area (Å²) in [5, 5.41) is 2.55. The molecule has 2 heterocycles. The van der Waals surface area contributed by atoms with Gasteiger partial charge in [-0.1, -0.05) is 67.6 Å². The van der Waals surface area contributed by atoms with E-state index in [1.807, 2.05) is 25.1 Å². The molecule has 1 fully saturated rings. The van der Waals surface area contributed by atoms with Gasteiger partial charge in [-0.2, -0.15) is 0 Å². The van der Waals surface area contributed by atoms with Gasteiger partial charge >= 0.3 is 0 Å². The largest absolute Gasteiger partial charge is 0.456 e. The van der Waals surface area contributed by atoms with Crippen molar-refractivity contribution in [2.24, 2.45) is 11.8 Å². The van der Waals surface area contributed by atoms with Crippen molar-refractivity contribution in [3.63, 3.8) is 0 Å². The molecule has 1 saturated carbocycles. The van der Waals surface area contributed by atoms with E-state index in [2.05, 4.69) is 78.4 Å². The van der Waals surface area contributed by atoms with Crippen LogP contribution in [0.15, 0.2) is 71.1 Å². The van der Waals surface area contributed by atoms with Crippen LogP contribution in [0.3, 0.4) is 0 Å². The maximum Gasteiger partial charge on any atom is 0.163 e. The lowest BCUT2D eigenvalue weighted by molar-refractivity contribution is 0.568. The zero-order chi connectivity index (χ0) is 25.1. The van der Waals surface area contributed by atoms with Gasteiger partial charge in [0.25, 0.3) is 0 Å². The number of hydrogen-bond acceptors (Lipinski definition) is 4. The molecule has 4 heteroatoms. The Kier molecular flexibility index (Phi) is 5.10. The highest BCUT2D eigenvalue weighted by Crippen LogP contribution is 2.49. The summed E-state index contributed by atoms with van der Waals surface area (Å²) in [7, 11) is 0. The van der Waals surface area contributed by atoms with E-state index in [-0.39, 0.29) is 0 Å². The highest BCUT2D eigenvalue weighted by molar-refractivity contribution is 5.88. The lowest BCUT2D eigenvalue weighted by Crippen LogP contribution is -2.27. The van der Waals surface area contributed by atoms with Gasteiger partial charge in [-0.25, -0.2) is 15.0 Å². The Morgan fingerprint density at radius 2 is 1.65 bits per heavy atom. The van der Waals surface area contributed by atoms with E-state index in [1.54, 1.807) is 0 Å². The van der Waals surface area contributed by atoms with Crippen LogP contribution in [0.5, 0.6) is 0 Å². The molecular formula is C33H29N3O. The maximum absolute atomic E-state index is 6.43. The first-order valence-electron chi connectivity index (χ1n) is 13.2. The minimum absolute atomic E-state index is 0.571.